The first-order valence-electron chi connectivity index (χ1n) is 13.8. The molecule has 11 heteroatoms. The Kier molecular flexibility index (Phi) is 9.22. The molecule has 1 aliphatic rings. The Morgan fingerprint density at radius 1 is 0.860 bits per heavy atom. The van der Waals surface area contributed by atoms with E-state index in [-0.39, 0.29) is 11.7 Å². The average molecular weight is 607 g/mol. The molecule has 0 aliphatic carbocycles. The molecule has 224 valence electrons. The fourth-order valence-corrected chi connectivity index (χ4v) is 5.60. The molecule has 0 bridgehead atoms. The zero-order valence-electron chi connectivity index (χ0n) is 23.5. The summed E-state index contributed by atoms with van der Waals surface area (Å²) in [7, 11) is -3.35. The van der Waals surface area contributed by atoms with Gasteiger partial charge in [0.15, 0.2) is 0 Å². The summed E-state index contributed by atoms with van der Waals surface area (Å²) in [6.07, 6.45) is 2.39. The normalized spacial score (nSPS) is 14.2. The van der Waals surface area contributed by atoms with Crippen molar-refractivity contribution in [3.63, 3.8) is 0 Å². The number of urea groups is 1. The number of hydrogen-bond acceptors (Lipinski definition) is 5. The number of likely N-dealkylation sites (tertiary alicyclic amines) is 1. The minimum absolute atomic E-state index is 0.206. The van der Waals surface area contributed by atoms with Crippen molar-refractivity contribution in [3.05, 3.63) is 114 Å². The number of carbonyl (C=O) groups excluding carboxylic acids is 1. The van der Waals surface area contributed by atoms with Crippen LogP contribution in [-0.2, 0) is 16.6 Å². The Labute approximate surface area is 250 Å². The lowest BCUT2D eigenvalue weighted by Crippen LogP contribution is -2.49. The number of rotatable bonds is 9. The molecule has 4 aromatic carbocycles. The van der Waals surface area contributed by atoms with Gasteiger partial charge in [0.25, 0.3) is 0 Å². The molecule has 0 radical (unpaired) electrons. The number of ether oxygens (including phenoxy) is 1. The first-order valence-corrected chi connectivity index (χ1v) is 15.7. The molecule has 8 nitrogen and oxygen atoms in total. The van der Waals surface area contributed by atoms with Crippen LogP contribution in [0.15, 0.2) is 97.1 Å². The number of piperidine rings is 1. The maximum atomic E-state index is 14.8. The fraction of sp³-hybridized carbons (Fsp3) is 0.219. The van der Waals surface area contributed by atoms with Crippen LogP contribution < -0.4 is 19.7 Å². The first kappa shape index (κ1) is 30.0. The Morgan fingerprint density at radius 2 is 1.44 bits per heavy atom. The van der Waals surface area contributed by atoms with Gasteiger partial charge in [-0.3, -0.25) is 14.5 Å². The highest BCUT2D eigenvalue weighted by Gasteiger charge is 2.31. The predicted octanol–water partition coefficient (Wildman–Crippen LogP) is 6.83. The molecule has 0 aromatic heterocycles. The molecule has 0 atom stereocenters. The molecule has 43 heavy (non-hydrogen) atoms. The van der Waals surface area contributed by atoms with Crippen molar-refractivity contribution in [3.8, 4) is 11.5 Å². The van der Waals surface area contributed by atoms with Crippen molar-refractivity contribution >= 4 is 33.1 Å². The minimum atomic E-state index is -3.35. The summed E-state index contributed by atoms with van der Waals surface area (Å²) in [5.41, 5.74) is 2.19. The smallest absolute Gasteiger partial charge is 0.326 e. The van der Waals surface area contributed by atoms with Crippen LogP contribution in [0.3, 0.4) is 0 Å². The standard InChI is InChI=1S/C32H32F2N4O4S/c1-43(40,41)36-26-12-16-29(17-13-26)42-28-14-6-23(7-15-28)22-37-20-18-27(19-21-37)38(31-5-3-2-4-30(31)34)32(39)35-25-10-8-24(33)9-11-25/h2-17,27,36H,18-22H2,1H3,(H,35,39). The van der Waals surface area contributed by atoms with E-state index in [2.05, 4.69) is 14.9 Å². The summed E-state index contributed by atoms with van der Waals surface area (Å²) in [4.78, 5) is 17.1. The Morgan fingerprint density at radius 3 is 2.05 bits per heavy atom. The Hall–Kier alpha value is -4.48. The SMILES string of the molecule is CS(=O)(=O)Nc1ccc(Oc2ccc(CN3CCC(N(C(=O)Nc4ccc(F)cc4)c4ccccc4F)CC3)cc2)cc1. The van der Waals surface area contributed by atoms with Gasteiger partial charge in [-0.2, -0.15) is 0 Å². The van der Waals surface area contributed by atoms with Crippen molar-refractivity contribution < 1.29 is 26.7 Å². The minimum Gasteiger partial charge on any atom is -0.457 e. The Balaban J connectivity index is 1.18. The molecule has 0 unspecified atom stereocenters. The monoisotopic (exact) mass is 606 g/mol. The van der Waals surface area contributed by atoms with Gasteiger partial charge < -0.3 is 10.1 Å². The highest BCUT2D eigenvalue weighted by atomic mass is 32.2. The molecule has 2 N–H and O–H groups in total. The number of nitrogens with one attached hydrogen (secondary N) is 2. The number of nitrogens with zero attached hydrogens (tertiary/aromatic N) is 2. The summed E-state index contributed by atoms with van der Waals surface area (Å²) >= 11 is 0. The fourth-order valence-electron chi connectivity index (χ4n) is 5.03. The number of para-hydroxylation sites is 1. The number of amides is 2. The lowest BCUT2D eigenvalue weighted by atomic mass is 10.0. The van der Waals surface area contributed by atoms with Gasteiger partial charge in [0.2, 0.25) is 10.0 Å². The van der Waals surface area contributed by atoms with Gasteiger partial charge in [0.1, 0.15) is 23.1 Å². The predicted molar refractivity (Wildman–Crippen MR) is 164 cm³/mol. The van der Waals surface area contributed by atoms with E-state index >= 15 is 0 Å². The van der Waals surface area contributed by atoms with Crippen LogP contribution in [0.5, 0.6) is 11.5 Å². The number of hydrogen-bond donors (Lipinski definition) is 2. The van der Waals surface area contributed by atoms with E-state index in [9.17, 15) is 22.0 Å². The van der Waals surface area contributed by atoms with Gasteiger partial charge in [-0.25, -0.2) is 22.0 Å². The van der Waals surface area contributed by atoms with E-state index in [1.165, 1.54) is 35.2 Å². The van der Waals surface area contributed by atoms with Crippen molar-refractivity contribution in [2.24, 2.45) is 0 Å². The molecule has 4 aromatic rings. The first-order chi connectivity index (χ1) is 20.6. The van der Waals surface area contributed by atoms with Crippen LogP contribution in [0.4, 0.5) is 30.6 Å². The molecular weight excluding hydrogens is 574 g/mol. The topological polar surface area (TPSA) is 91.0 Å². The number of sulfonamides is 1. The van der Waals surface area contributed by atoms with Crippen molar-refractivity contribution in [2.75, 3.05) is 34.3 Å². The van der Waals surface area contributed by atoms with Gasteiger partial charge in [-0.05, 0) is 91.2 Å². The zero-order chi connectivity index (χ0) is 30.4. The van der Waals surface area contributed by atoms with Crippen LogP contribution >= 0.6 is 0 Å². The Bertz CT molecular complexity index is 1640. The van der Waals surface area contributed by atoms with Crippen LogP contribution in [0, 0.1) is 11.6 Å². The third-order valence-electron chi connectivity index (χ3n) is 7.07. The summed E-state index contributed by atoms with van der Waals surface area (Å²) < 4.78 is 59.2. The van der Waals surface area contributed by atoms with Crippen LogP contribution in [0.1, 0.15) is 18.4 Å². The third-order valence-corrected chi connectivity index (χ3v) is 7.68. The maximum Gasteiger partial charge on any atom is 0.326 e. The molecule has 1 aliphatic heterocycles. The van der Waals surface area contributed by atoms with E-state index in [1.807, 2.05) is 24.3 Å². The molecule has 1 saturated heterocycles. The largest absolute Gasteiger partial charge is 0.457 e. The lowest BCUT2D eigenvalue weighted by molar-refractivity contribution is 0.199. The second kappa shape index (κ2) is 13.2. The lowest BCUT2D eigenvalue weighted by Gasteiger charge is -2.38. The molecule has 1 heterocycles. The molecule has 5 rings (SSSR count). The van der Waals surface area contributed by atoms with E-state index in [0.717, 1.165) is 11.8 Å². The highest BCUT2D eigenvalue weighted by molar-refractivity contribution is 7.92. The summed E-state index contributed by atoms with van der Waals surface area (Å²) in [5, 5.41) is 2.78. The van der Waals surface area contributed by atoms with Gasteiger partial charge in [0, 0.05) is 37.1 Å². The van der Waals surface area contributed by atoms with Gasteiger partial charge in [-0.1, -0.05) is 24.3 Å². The third kappa shape index (κ3) is 8.30. The van der Waals surface area contributed by atoms with Crippen molar-refractivity contribution in [1.29, 1.82) is 0 Å². The van der Waals surface area contributed by atoms with Crippen LogP contribution in [-0.4, -0.2) is 44.7 Å². The maximum absolute atomic E-state index is 14.8. The van der Waals surface area contributed by atoms with Crippen LogP contribution in [0.2, 0.25) is 0 Å². The quantitative estimate of drug-likeness (QED) is 0.218. The average Bonchev–Trinajstić information content (AvgIpc) is 2.98. The number of halogens is 2. The number of benzene rings is 4. The molecule has 0 spiro atoms. The second-order valence-electron chi connectivity index (χ2n) is 10.4. The molecule has 0 saturated carbocycles. The van der Waals surface area contributed by atoms with Gasteiger partial charge in [-0.15, -0.1) is 0 Å². The van der Waals surface area contributed by atoms with E-state index in [1.54, 1.807) is 42.5 Å². The van der Waals surface area contributed by atoms with Gasteiger partial charge in [0.05, 0.1) is 11.9 Å². The highest BCUT2D eigenvalue weighted by Crippen LogP contribution is 2.29. The summed E-state index contributed by atoms with van der Waals surface area (Å²) in [5.74, 6) is 0.341. The van der Waals surface area contributed by atoms with Gasteiger partial charge >= 0.3 is 6.03 Å². The molecule has 2 amide bonds. The van der Waals surface area contributed by atoms with Crippen LogP contribution in [0.25, 0.3) is 0 Å². The molecular formula is C32H32F2N4O4S. The summed E-state index contributed by atoms with van der Waals surface area (Å²) in [6, 6.07) is 25.4. The summed E-state index contributed by atoms with van der Waals surface area (Å²) in [6.45, 7) is 2.14. The van der Waals surface area contributed by atoms with E-state index in [4.69, 9.17) is 4.74 Å². The number of carbonyl (C=O) groups is 1. The second-order valence-corrected chi connectivity index (χ2v) is 12.2. The molecule has 1 fully saturated rings. The zero-order valence-corrected chi connectivity index (χ0v) is 24.4. The van der Waals surface area contributed by atoms with Crippen molar-refractivity contribution in [2.45, 2.75) is 25.4 Å². The number of anilines is 3. The van der Waals surface area contributed by atoms with E-state index < -0.39 is 27.7 Å². The van der Waals surface area contributed by atoms with Crippen molar-refractivity contribution in [1.82, 2.24) is 4.90 Å². The van der Waals surface area contributed by atoms with E-state index in [0.29, 0.717) is 55.3 Å².